The Morgan fingerprint density at radius 3 is 2.48 bits per heavy atom. The molecule has 5 heteroatoms. The molecule has 1 atom stereocenters. The fourth-order valence-corrected chi connectivity index (χ4v) is 2.16. The molecule has 1 aromatic carbocycles. The largest absolute Gasteiger partial charge is 0.357 e. The molecule has 0 radical (unpaired) electrons. The number of nitrogens with one attached hydrogen (secondary N) is 2. The lowest BCUT2D eigenvalue weighted by Crippen LogP contribution is -2.39. The predicted molar refractivity (Wildman–Crippen MR) is 100 cm³/mol. The number of hydrogen-bond acceptors (Lipinski definition) is 2. The summed E-state index contributed by atoms with van der Waals surface area (Å²) in [6, 6.07) is 11.5. The molecule has 1 aliphatic carbocycles. The topological polar surface area (TPSA) is 39.7 Å². The van der Waals surface area contributed by atoms with Crippen LogP contribution in [0.15, 0.2) is 35.3 Å². The van der Waals surface area contributed by atoms with Crippen molar-refractivity contribution >= 4 is 29.9 Å². The Balaban J connectivity index is 0.00000220. The first-order valence-corrected chi connectivity index (χ1v) is 7.47. The minimum atomic E-state index is 0. The second-order valence-corrected chi connectivity index (χ2v) is 5.53. The number of likely N-dealkylation sites (N-methyl/N-ethyl adjacent to an activating group) is 1. The molecular formula is C16H27IN4. The van der Waals surface area contributed by atoms with Crippen LogP contribution in [0, 0.1) is 0 Å². The van der Waals surface area contributed by atoms with E-state index in [4.69, 9.17) is 4.99 Å². The Morgan fingerprint density at radius 2 is 1.95 bits per heavy atom. The van der Waals surface area contributed by atoms with Crippen LogP contribution in [0.3, 0.4) is 0 Å². The highest BCUT2D eigenvalue weighted by Gasteiger charge is 2.22. The minimum Gasteiger partial charge on any atom is -0.357 e. The van der Waals surface area contributed by atoms with Gasteiger partial charge in [-0.15, -0.1) is 24.0 Å². The summed E-state index contributed by atoms with van der Waals surface area (Å²) in [6.45, 7) is 3.76. The summed E-state index contributed by atoms with van der Waals surface area (Å²) in [5.41, 5.74) is 1.31. The SMILES string of the molecule is CCNC(=NCC(c1ccccc1)N(C)C)NC1CC1.I. The molecule has 1 unspecified atom stereocenters. The van der Waals surface area contributed by atoms with Crippen molar-refractivity contribution in [3.63, 3.8) is 0 Å². The third-order valence-electron chi connectivity index (χ3n) is 3.49. The van der Waals surface area contributed by atoms with E-state index >= 15 is 0 Å². The number of halogens is 1. The van der Waals surface area contributed by atoms with Gasteiger partial charge in [0.1, 0.15) is 0 Å². The summed E-state index contributed by atoms with van der Waals surface area (Å²) in [5, 5.41) is 6.78. The van der Waals surface area contributed by atoms with Crippen molar-refractivity contribution in [1.29, 1.82) is 0 Å². The molecule has 1 fully saturated rings. The zero-order valence-corrected chi connectivity index (χ0v) is 15.5. The first-order chi connectivity index (χ1) is 9.70. The van der Waals surface area contributed by atoms with Crippen LogP contribution in [-0.2, 0) is 0 Å². The van der Waals surface area contributed by atoms with Gasteiger partial charge in [-0.05, 0) is 39.4 Å². The Kier molecular flexibility index (Phi) is 8.03. The van der Waals surface area contributed by atoms with Crippen LogP contribution < -0.4 is 10.6 Å². The van der Waals surface area contributed by atoms with E-state index in [1.807, 2.05) is 0 Å². The zero-order valence-electron chi connectivity index (χ0n) is 13.2. The quantitative estimate of drug-likeness (QED) is 0.437. The first kappa shape index (κ1) is 18.2. The third kappa shape index (κ3) is 6.22. The smallest absolute Gasteiger partial charge is 0.191 e. The van der Waals surface area contributed by atoms with Gasteiger partial charge in [0.25, 0.3) is 0 Å². The molecule has 2 rings (SSSR count). The Hall–Kier alpha value is -0.820. The number of nitrogens with zero attached hydrogens (tertiary/aromatic N) is 2. The molecule has 0 spiro atoms. The molecule has 0 bridgehead atoms. The molecule has 1 aliphatic rings. The van der Waals surface area contributed by atoms with Crippen LogP contribution in [0.2, 0.25) is 0 Å². The van der Waals surface area contributed by atoms with Gasteiger partial charge >= 0.3 is 0 Å². The van der Waals surface area contributed by atoms with Gasteiger partial charge in [0, 0.05) is 12.6 Å². The lowest BCUT2D eigenvalue weighted by molar-refractivity contribution is 0.306. The molecular weight excluding hydrogens is 375 g/mol. The summed E-state index contributed by atoms with van der Waals surface area (Å²) in [4.78, 5) is 6.97. The maximum atomic E-state index is 4.74. The van der Waals surface area contributed by atoms with Crippen molar-refractivity contribution in [3.05, 3.63) is 35.9 Å². The van der Waals surface area contributed by atoms with Gasteiger partial charge < -0.3 is 15.5 Å². The third-order valence-corrected chi connectivity index (χ3v) is 3.49. The van der Waals surface area contributed by atoms with Crippen LogP contribution in [0.25, 0.3) is 0 Å². The van der Waals surface area contributed by atoms with Crippen molar-refractivity contribution in [2.24, 2.45) is 4.99 Å². The molecule has 1 saturated carbocycles. The Labute approximate surface area is 145 Å². The molecule has 1 aromatic rings. The van der Waals surface area contributed by atoms with E-state index < -0.39 is 0 Å². The van der Waals surface area contributed by atoms with E-state index in [-0.39, 0.29) is 24.0 Å². The van der Waals surface area contributed by atoms with Crippen molar-refractivity contribution in [2.75, 3.05) is 27.2 Å². The molecule has 0 heterocycles. The van der Waals surface area contributed by atoms with Crippen molar-refractivity contribution < 1.29 is 0 Å². The average Bonchev–Trinajstić information content (AvgIpc) is 3.24. The van der Waals surface area contributed by atoms with Gasteiger partial charge in [0.15, 0.2) is 5.96 Å². The lowest BCUT2D eigenvalue weighted by Gasteiger charge is -2.23. The fourth-order valence-electron chi connectivity index (χ4n) is 2.16. The second kappa shape index (κ2) is 9.25. The van der Waals surface area contributed by atoms with Gasteiger partial charge in [-0.2, -0.15) is 0 Å². The van der Waals surface area contributed by atoms with Crippen molar-refractivity contribution in [1.82, 2.24) is 15.5 Å². The maximum Gasteiger partial charge on any atom is 0.191 e. The number of rotatable bonds is 6. The predicted octanol–water partition coefficient (Wildman–Crippen LogP) is 2.62. The van der Waals surface area contributed by atoms with E-state index in [1.165, 1.54) is 18.4 Å². The highest BCUT2D eigenvalue weighted by atomic mass is 127. The highest BCUT2D eigenvalue weighted by Crippen LogP contribution is 2.19. The summed E-state index contributed by atoms with van der Waals surface area (Å²) in [7, 11) is 4.21. The number of benzene rings is 1. The van der Waals surface area contributed by atoms with Gasteiger partial charge in [0.05, 0.1) is 12.6 Å². The minimum absolute atomic E-state index is 0. The van der Waals surface area contributed by atoms with E-state index in [9.17, 15) is 0 Å². The maximum absolute atomic E-state index is 4.74. The summed E-state index contributed by atoms with van der Waals surface area (Å²) in [5.74, 6) is 0.942. The summed E-state index contributed by atoms with van der Waals surface area (Å²) in [6.07, 6.45) is 2.53. The van der Waals surface area contributed by atoms with Gasteiger partial charge in [0.2, 0.25) is 0 Å². The second-order valence-electron chi connectivity index (χ2n) is 5.53. The zero-order chi connectivity index (χ0) is 14.4. The van der Waals surface area contributed by atoms with Crippen LogP contribution in [0.1, 0.15) is 31.4 Å². The lowest BCUT2D eigenvalue weighted by atomic mass is 10.1. The van der Waals surface area contributed by atoms with Crippen LogP contribution in [0.5, 0.6) is 0 Å². The molecule has 2 N–H and O–H groups in total. The molecule has 4 nitrogen and oxygen atoms in total. The molecule has 118 valence electrons. The average molecular weight is 402 g/mol. The number of guanidine groups is 1. The Bertz CT molecular complexity index is 429. The number of aliphatic imine (C=N–C) groups is 1. The first-order valence-electron chi connectivity index (χ1n) is 7.47. The van der Waals surface area contributed by atoms with E-state index in [2.05, 4.69) is 66.9 Å². The standard InChI is InChI=1S/C16H26N4.HI/c1-4-17-16(19-14-10-11-14)18-12-15(20(2)3)13-8-6-5-7-9-13;/h5-9,14-15H,4,10-12H2,1-3H3,(H2,17,18,19);1H. The Morgan fingerprint density at radius 1 is 1.29 bits per heavy atom. The highest BCUT2D eigenvalue weighted by molar-refractivity contribution is 14.0. The molecule has 0 saturated heterocycles. The van der Waals surface area contributed by atoms with E-state index in [0.717, 1.165) is 19.0 Å². The number of hydrogen-bond donors (Lipinski definition) is 2. The molecule has 0 aliphatic heterocycles. The van der Waals surface area contributed by atoms with Crippen LogP contribution in [0.4, 0.5) is 0 Å². The fraction of sp³-hybridized carbons (Fsp3) is 0.562. The van der Waals surface area contributed by atoms with Crippen LogP contribution >= 0.6 is 24.0 Å². The van der Waals surface area contributed by atoms with Crippen molar-refractivity contribution in [2.45, 2.75) is 31.8 Å². The van der Waals surface area contributed by atoms with Gasteiger partial charge in [-0.1, -0.05) is 30.3 Å². The monoisotopic (exact) mass is 402 g/mol. The summed E-state index contributed by atoms with van der Waals surface area (Å²) < 4.78 is 0. The summed E-state index contributed by atoms with van der Waals surface area (Å²) >= 11 is 0. The van der Waals surface area contributed by atoms with E-state index in [1.54, 1.807) is 0 Å². The van der Waals surface area contributed by atoms with Crippen molar-refractivity contribution in [3.8, 4) is 0 Å². The van der Waals surface area contributed by atoms with Gasteiger partial charge in [-0.3, -0.25) is 4.99 Å². The molecule has 0 amide bonds. The van der Waals surface area contributed by atoms with Crippen LogP contribution in [-0.4, -0.2) is 44.1 Å². The normalized spacial score (nSPS) is 16.3. The molecule has 21 heavy (non-hydrogen) atoms. The molecule has 0 aromatic heterocycles. The van der Waals surface area contributed by atoms with E-state index in [0.29, 0.717) is 12.1 Å². The van der Waals surface area contributed by atoms with Gasteiger partial charge in [-0.25, -0.2) is 0 Å².